The van der Waals surface area contributed by atoms with E-state index >= 15 is 0 Å². The number of carbonyl (C=O) groups is 2. The second-order valence-electron chi connectivity index (χ2n) is 6.70. The first-order valence-corrected chi connectivity index (χ1v) is 8.38. The van der Waals surface area contributed by atoms with Gasteiger partial charge in [0.05, 0.1) is 4.92 Å². The number of ketones is 1. The van der Waals surface area contributed by atoms with E-state index < -0.39 is 10.3 Å². The normalized spacial score (nSPS) is 17.8. The van der Waals surface area contributed by atoms with E-state index in [1.54, 1.807) is 19.1 Å². The van der Waals surface area contributed by atoms with Crippen LogP contribution in [0.1, 0.15) is 51.5 Å². The van der Waals surface area contributed by atoms with Gasteiger partial charge in [-0.1, -0.05) is 31.4 Å². The van der Waals surface area contributed by atoms with Crippen molar-refractivity contribution in [1.29, 1.82) is 0 Å². The molecular formula is C18H24N2O4. The number of nitro benzene ring substituents is 1. The third-order valence-electron chi connectivity index (χ3n) is 5.20. The fourth-order valence-corrected chi connectivity index (χ4v) is 3.46. The molecule has 1 aliphatic carbocycles. The van der Waals surface area contributed by atoms with Crippen LogP contribution in [0.25, 0.3) is 0 Å². The molecule has 1 aromatic rings. The van der Waals surface area contributed by atoms with Gasteiger partial charge in [0, 0.05) is 18.7 Å². The van der Waals surface area contributed by atoms with Crippen LogP contribution in [0.3, 0.4) is 0 Å². The molecule has 0 spiro atoms. The monoisotopic (exact) mass is 332 g/mol. The molecule has 0 radical (unpaired) electrons. The number of carbonyl (C=O) groups excluding carboxylic acids is 2. The van der Waals surface area contributed by atoms with E-state index in [1.165, 1.54) is 19.1 Å². The summed E-state index contributed by atoms with van der Waals surface area (Å²) in [6.07, 6.45) is 5.03. The number of nitro groups is 1. The average molecular weight is 332 g/mol. The average Bonchev–Trinajstić information content (AvgIpc) is 2.59. The van der Waals surface area contributed by atoms with Crippen molar-refractivity contribution >= 4 is 17.4 Å². The van der Waals surface area contributed by atoms with E-state index in [9.17, 15) is 19.7 Å². The van der Waals surface area contributed by atoms with Crippen molar-refractivity contribution in [3.63, 3.8) is 0 Å². The maximum Gasteiger partial charge on any atom is 0.269 e. The summed E-state index contributed by atoms with van der Waals surface area (Å²) in [5.41, 5.74) is -0.392. The summed E-state index contributed by atoms with van der Waals surface area (Å²) in [5.74, 6) is -0.340. The van der Waals surface area contributed by atoms with E-state index in [4.69, 9.17) is 0 Å². The summed E-state index contributed by atoms with van der Waals surface area (Å²) in [4.78, 5) is 35.3. The van der Waals surface area contributed by atoms with Crippen LogP contribution in [0.15, 0.2) is 24.3 Å². The highest BCUT2D eigenvalue weighted by atomic mass is 16.6. The highest BCUT2D eigenvalue weighted by Crippen LogP contribution is 2.39. The van der Waals surface area contributed by atoms with Crippen molar-refractivity contribution in [2.75, 3.05) is 0 Å². The van der Waals surface area contributed by atoms with Crippen LogP contribution in [0, 0.1) is 21.4 Å². The lowest BCUT2D eigenvalue weighted by Crippen LogP contribution is -2.48. The lowest BCUT2D eigenvalue weighted by atomic mass is 9.67. The smallest absolute Gasteiger partial charge is 0.269 e. The number of hydrogen-bond donors (Lipinski definition) is 1. The van der Waals surface area contributed by atoms with Gasteiger partial charge in [-0.3, -0.25) is 19.7 Å². The van der Waals surface area contributed by atoms with Gasteiger partial charge in [-0.25, -0.2) is 0 Å². The van der Waals surface area contributed by atoms with Crippen molar-refractivity contribution < 1.29 is 14.5 Å². The zero-order valence-corrected chi connectivity index (χ0v) is 14.2. The minimum atomic E-state index is -1.03. The summed E-state index contributed by atoms with van der Waals surface area (Å²) in [6, 6.07) is 6.16. The quantitative estimate of drug-likeness (QED) is 0.491. The fourth-order valence-electron chi connectivity index (χ4n) is 3.46. The number of nitrogens with one attached hydrogen (secondary N) is 1. The van der Waals surface area contributed by atoms with Crippen LogP contribution in [0.2, 0.25) is 0 Å². The highest BCUT2D eigenvalue weighted by molar-refractivity contribution is 6.05. The molecule has 24 heavy (non-hydrogen) atoms. The third-order valence-corrected chi connectivity index (χ3v) is 5.20. The summed E-state index contributed by atoms with van der Waals surface area (Å²) >= 11 is 0. The molecule has 6 heteroatoms. The van der Waals surface area contributed by atoms with Gasteiger partial charge in [0.15, 0.2) is 0 Å². The largest absolute Gasteiger partial charge is 0.351 e. The van der Waals surface area contributed by atoms with Crippen LogP contribution < -0.4 is 5.32 Å². The van der Waals surface area contributed by atoms with Crippen LogP contribution in [0.5, 0.6) is 0 Å². The minimum absolute atomic E-state index is 0.0108. The van der Waals surface area contributed by atoms with Crippen molar-refractivity contribution in [3.8, 4) is 0 Å². The number of Topliss-reactive ketones (excluding diaryl/α,β-unsaturated/α-hetero) is 1. The Morgan fingerprint density at radius 2 is 1.96 bits per heavy atom. The Morgan fingerprint density at radius 3 is 2.54 bits per heavy atom. The van der Waals surface area contributed by atoms with Gasteiger partial charge >= 0.3 is 0 Å². The lowest BCUT2D eigenvalue weighted by Gasteiger charge is -2.36. The van der Waals surface area contributed by atoms with Crippen LogP contribution in [-0.2, 0) is 16.1 Å². The Morgan fingerprint density at radius 1 is 1.29 bits per heavy atom. The van der Waals surface area contributed by atoms with Crippen molar-refractivity contribution in [2.45, 2.75) is 52.5 Å². The molecule has 1 atom stereocenters. The lowest BCUT2D eigenvalue weighted by molar-refractivity contribution is -0.384. The van der Waals surface area contributed by atoms with Gasteiger partial charge in [0.25, 0.3) is 5.69 Å². The Balaban J connectivity index is 2.09. The van der Waals surface area contributed by atoms with Gasteiger partial charge in [-0.05, 0) is 38.2 Å². The number of rotatable bonds is 6. The maximum atomic E-state index is 12.7. The molecule has 0 aromatic heterocycles. The number of hydrogen-bond acceptors (Lipinski definition) is 4. The van der Waals surface area contributed by atoms with E-state index in [0.717, 1.165) is 32.1 Å². The summed E-state index contributed by atoms with van der Waals surface area (Å²) in [6.45, 7) is 3.38. The maximum absolute atomic E-state index is 12.7. The fraction of sp³-hybridized carbons (Fsp3) is 0.556. The zero-order chi connectivity index (χ0) is 17.7. The molecule has 1 amide bonds. The van der Waals surface area contributed by atoms with Crippen molar-refractivity contribution in [2.24, 2.45) is 11.3 Å². The predicted octanol–water partition coefficient (Wildman–Crippen LogP) is 3.39. The van der Waals surface area contributed by atoms with Crippen molar-refractivity contribution in [3.05, 3.63) is 39.9 Å². The zero-order valence-electron chi connectivity index (χ0n) is 14.2. The van der Waals surface area contributed by atoms with Gasteiger partial charge in [0.2, 0.25) is 5.91 Å². The number of amides is 1. The molecule has 1 saturated carbocycles. The molecular weight excluding hydrogens is 308 g/mol. The Kier molecular flexibility index (Phi) is 5.70. The minimum Gasteiger partial charge on any atom is -0.351 e. The topological polar surface area (TPSA) is 89.3 Å². The van der Waals surface area contributed by atoms with E-state index in [1.807, 2.05) is 0 Å². The molecule has 2 rings (SSSR count). The first kappa shape index (κ1) is 18.1. The molecule has 0 heterocycles. The molecule has 1 fully saturated rings. The number of benzene rings is 1. The van der Waals surface area contributed by atoms with Crippen LogP contribution in [-0.4, -0.2) is 16.6 Å². The molecule has 0 aliphatic heterocycles. The molecule has 130 valence electrons. The van der Waals surface area contributed by atoms with Gasteiger partial charge in [-0.15, -0.1) is 0 Å². The van der Waals surface area contributed by atoms with Crippen LogP contribution >= 0.6 is 0 Å². The van der Waals surface area contributed by atoms with E-state index in [2.05, 4.69) is 5.32 Å². The first-order valence-electron chi connectivity index (χ1n) is 8.38. The highest BCUT2D eigenvalue weighted by Gasteiger charge is 2.45. The standard InChI is InChI=1S/C18H24N2O4/c1-13(21)18(2,15-8-4-3-5-9-15)17(22)19-12-14-7-6-10-16(11-14)20(23)24/h6-7,10-11,15H,3-5,8-9,12H2,1-2H3,(H,19,22). The van der Waals surface area contributed by atoms with Crippen LogP contribution in [0.4, 0.5) is 5.69 Å². The Bertz CT molecular complexity index is 638. The molecule has 0 saturated heterocycles. The number of nitrogens with zero attached hydrogens (tertiary/aromatic N) is 1. The molecule has 1 N–H and O–H groups in total. The second kappa shape index (κ2) is 7.55. The molecule has 1 aromatic carbocycles. The molecule has 1 unspecified atom stereocenters. The summed E-state index contributed by atoms with van der Waals surface area (Å²) < 4.78 is 0. The van der Waals surface area contributed by atoms with Gasteiger partial charge < -0.3 is 5.32 Å². The van der Waals surface area contributed by atoms with Gasteiger partial charge in [0.1, 0.15) is 11.2 Å². The number of non-ortho nitro benzene ring substituents is 1. The Labute approximate surface area is 141 Å². The first-order chi connectivity index (χ1) is 11.4. The van der Waals surface area contributed by atoms with E-state index in [0.29, 0.717) is 5.56 Å². The van der Waals surface area contributed by atoms with E-state index in [-0.39, 0.29) is 29.8 Å². The SMILES string of the molecule is CC(=O)C(C)(C(=O)NCc1cccc([N+](=O)[O-])c1)C1CCCCC1. The Hall–Kier alpha value is -2.24. The predicted molar refractivity (Wildman–Crippen MR) is 90.3 cm³/mol. The third kappa shape index (κ3) is 3.80. The molecule has 0 bridgehead atoms. The second-order valence-corrected chi connectivity index (χ2v) is 6.70. The molecule has 6 nitrogen and oxygen atoms in total. The summed E-state index contributed by atoms with van der Waals surface area (Å²) in [5, 5.41) is 13.6. The molecule has 1 aliphatic rings. The summed E-state index contributed by atoms with van der Waals surface area (Å²) in [7, 11) is 0. The van der Waals surface area contributed by atoms with Crippen molar-refractivity contribution in [1.82, 2.24) is 5.32 Å². The van der Waals surface area contributed by atoms with Gasteiger partial charge in [-0.2, -0.15) is 0 Å².